The molecule has 1 aliphatic rings. The fraction of sp³-hybridized carbons (Fsp3) is 0.625. The van der Waals surface area contributed by atoms with Crippen molar-refractivity contribution in [2.75, 3.05) is 7.05 Å². The Hall–Kier alpha value is -0.765. The molecule has 12 heavy (non-hydrogen) atoms. The molecule has 2 radical (unpaired) electrons. The first-order valence-corrected chi connectivity index (χ1v) is 3.99. The van der Waals surface area contributed by atoms with E-state index in [4.69, 9.17) is 13.0 Å². The Balaban J connectivity index is 2.49. The van der Waals surface area contributed by atoms with Gasteiger partial charge in [-0.1, -0.05) is 12.2 Å². The zero-order chi connectivity index (χ0) is 9.14. The third-order valence-corrected chi connectivity index (χ3v) is 2.08. The lowest BCUT2D eigenvalue weighted by molar-refractivity contribution is -0.127. The number of aliphatic hydroxyl groups is 1. The monoisotopic (exact) mass is 165 g/mol. The first-order valence-electron chi connectivity index (χ1n) is 3.99. The molecule has 1 aliphatic heterocycles. The first kappa shape index (κ1) is 9.32. The molecule has 0 aromatic heterocycles. The Morgan fingerprint density at radius 1 is 1.83 bits per heavy atom. The molecule has 64 valence electrons. The molecule has 2 atom stereocenters. The van der Waals surface area contributed by atoms with Gasteiger partial charge in [-0.05, 0) is 6.42 Å². The van der Waals surface area contributed by atoms with Crippen molar-refractivity contribution in [3.63, 3.8) is 0 Å². The molecule has 0 spiro atoms. The van der Waals surface area contributed by atoms with Gasteiger partial charge in [-0.15, -0.1) is 0 Å². The van der Waals surface area contributed by atoms with Gasteiger partial charge in [0.05, 0.1) is 6.04 Å². The molecule has 0 aliphatic carbocycles. The smallest absolute Gasteiger partial charge is 0.222 e. The van der Waals surface area contributed by atoms with Crippen LogP contribution in [0.25, 0.3) is 0 Å². The first-order chi connectivity index (χ1) is 5.61. The third-order valence-electron chi connectivity index (χ3n) is 2.08. The number of hydrogen-bond donors (Lipinski definition) is 1. The molecule has 1 heterocycles. The topological polar surface area (TPSA) is 40.5 Å². The van der Waals surface area contributed by atoms with Gasteiger partial charge >= 0.3 is 0 Å². The Kier molecular flexibility index (Phi) is 2.92. The zero-order valence-electron chi connectivity index (χ0n) is 7.10. The maximum absolute atomic E-state index is 11.0. The summed E-state index contributed by atoms with van der Waals surface area (Å²) in [7, 11) is 6.87. The number of rotatable bonds is 2. The lowest BCUT2D eigenvalue weighted by Gasteiger charge is -2.15. The lowest BCUT2D eigenvalue weighted by Crippen LogP contribution is -2.27. The largest absolute Gasteiger partial charge is 0.399 e. The molecule has 0 aromatic rings. The van der Waals surface area contributed by atoms with Crippen LogP contribution in [0.5, 0.6) is 0 Å². The van der Waals surface area contributed by atoms with Crippen molar-refractivity contribution in [3.8, 4) is 0 Å². The maximum Gasteiger partial charge on any atom is 0.222 e. The van der Waals surface area contributed by atoms with Gasteiger partial charge in [0.2, 0.25) is 5.91 Å². The summed E-state index contributed by atoms with van der Waals surface area (Å²) in [5.41, 5.74) is 0. The van der Waals surface area contributed by atoms with E-state index in [-0.39, 0.29) is 11.9 Å². The predicted octanol–water partition coefficient (Wildman–Crippen LogP) is -0.350. The third kappa shape index (κ3) is 2.11. The maximum atomic E-state index is 11.0. The molecule has 0 bridgehead atoms. The number of aliphatic hydroxyl groups excluding tert-OH is 1. The molecular weight excluding hydrogens is 153 g/mol. The molecule has 3 nitrogen and oxygen atoms in total. The summed E-state index contributed by atoms with van der Waals surface area (Å²) in [6.45, 7) is 0. The van der Waals surface area contributed by atoms with Crippen molar-refractivity contribution >= 4 is 13.8 Å². The van der Waals surface area contributed by atoms with Gasteiger partial charge in [0.25, 0.3) is 0 Å². The van der Waals surface area contributed by atoms with Crippen LogP contribution < -0.4 is 0 Å². The van der Waals surface area contributed by atoms with Crippen LogP contribution in [-0.2, 0) is 4.79 Å². The van der Waals surface area contributed by atoms with Crippen molar-refractivity contribution < 1.29 is 9.90 Å². The van der Waals surface area contributed by atoms with Crippen LogP contribution in [0.3, 0.4) is 0 Å². The molecule has 1 rings (SSSR count). The van der Waals surface area contributed by atoms with Crippen LogP contribution in [0.4, 0.5) is 0 Å². The second-order valence-electron chi connectivity index (χ2n) is 2.99. The fourth-order valence-corrected chi connectivity index (χ4v) is 1.29. The van der Waals surface area contributed by atoms with Gasteiger partial charge in [-0.3, -0.25) is 4.79 Å². The zero-order valence-corrected chi connectivity index (χ0v) is 7.10. The molecule has 0 saturated carbocycles. The van der Waals surface area contributed by atoms with E-state index in [1.165, 1.54) is 6.08 Å². The van der Waals surface area contributed by atoms with Crippen molar-refractivity contribution in [3.05, 3.63) is 12.2 Å². The quantitative estimate of drug-likeness (QED) is 0.448. The summed E-state index contributed by atoms with van der Waals surface area (Å²) in [5, 5.41) is 8.75. The minimum absolute atomic E-state index is 0.107. The second-order valence-corrected chi connectivity index (χ2v) is 2.99. The van der Waals surface area contributed by atoms with Gasteiger partial charge in [-0.25, -0.2) is 0 Å². The molecule has 1 saturated heterocycles. The number of carbonyl (C=O) groups is 1. The van der Waals surface area contributed by atoms with E-state index >= 15 is 0 Å². The highest BCUT2D eigenvalue weighted by Crippen LogP contribution is 2.17. The normalized spacial score (nSPS) is 27.0. The molecule has 1 amide bonds. The Morgan fingerprint density at radius 2 is 2.50 bits per heavy atom. The molecular formula is C8H12BNO2. The average molecular weight is 165 g/mol. The van der Waals surface area contributed by atoms with Crippen LogP contribution >= 0.6 is 0 Å². The summed E-state index contributed by atoms with van der Waals surface area (Å²) in [5.74, 6) is 0.149. The fourth-order valence-electron chi connectivity index (χ4n) is 1.29. The molecule has 4 heteroatoms. The van der Waals surface area contributed by atoms with Crippen LogP contribution in [-0.4, -0.2) is 42.9 Å². The summed E-state index contributed by atoms with van der Waals surface area (Å²) >= 11 is 0. The number of amides is 1. The van der Waals surface area contributed by atoms with E-state index in [1.807, 2.05) is 0 Å². The molecule has 0 aromatic carbocycles. The van der Waals surface area contributed by atoms with Crippen molar-refractivity contribution in [2.24, 2.45) is 0 Å². The summed E-state index contributed by atoms with van der Waals surface area (Å²) in [4.78, 5) is 12.7. The van der Waals surface area contributed by atoms with Gasteiger partial charge < -0.3 is 10.0 Å². The van der Waals surface area contributed by atoms with Crippen LogP contribution in [0.15, 0.2) is 12.2 Å². The van der Waals surface area contributed by atoms with Gasteiger partial charge in [0.1, 0.15) is 7.85 Å². The standard InChI is InChI=1S/C8H12BNO2/c1-10-6(2-4-7(9)11)3-5-8(10)12/h2,4,6-7,11H,3,5H2,1H3/b4-2+/t6-,7+/m0/s1. The highest BCUT2D eigenvalue weighted by Gasteiger charge is 2.24. The highest BCUT2D eigenvalue weighted by atomic mass is 16.3. The number of nitrogens with zero attached hydrogens (tertiary/aromatic N) is 1. The van der Waals surface area contributed by atoms with Gasteiger partial charge in [-0.2, -0.15) is 0 Å². The van der Waals surface area contributed by atoms with Crippen molar-refractivity contribution in [2.45, 2.75) is 24.9 Å². The summed E-state index contributed by atoms with van der Waals surface area (Å²) in [6.07, 6.45) is 4.68. The van der Waals surface area contributed by atoms with Crippen molar-refractivity contribution in [1.29, 1.82) is 0 Å². The molecule has 0 unspecified atom stereocenters. The Morgan fingerprint density at radius 3 is 2.92 bits per heavy atom. The van der Waals surface area contributed by atoms with E-state index in [1.54, 1.807) is 18.0 Å². The van der Waals surface area contributed by atoms with E-state index < -0.39 is 6.00 Å². The van der Waals surface area contributed by atoms with Gasteiger partial charge in [0, 0.05) is 19.5 Å². The van der Waals surface area contributed by atoms with E-state index in [0.717, 1.165) is 6.42 Å². The Bertz CT molecular complexity index is 203. The lowest BCUT2D eigenvalue weighted by atomic mass is 9.99. The van der Waals surface area contributed by atoms with Crippen LogP contribution in [0.1, 0.15) is 12.8 Å². The van der Waals surface area contributed by atoms with Gasteiger partial charge in [0.15, 0.2) is 0 Å². The summed E-state index contributed by atoms with van der Waals surface area (Å²) < 4.78 is 0. The number of carbonyl (C=O) groups excluding carboxylic acids is 1. The number of likely N-dealkylation sites (N-methyl/N-ethyl adjacent to an activating group) is 1. The predicted molar refractivity (Wildman–Crippen MR) is 46.7 cm³/mol. The van der Waals surface area contributed by atoms with Crippen molar-refractivity contribution in [1.82, 2.24) is 4.90 Å². The van der Waals surface area contributed by atoms with E-state index in [9.17, 15) is 4.79 Å². The average Bonchev–Trinajstić information content (AvgIpc) is 2.30. The highest BCUT2D eigenvalue weighted by molar-refractivity contribution is 6.12. The Labute approximate surface area is 73.5 Å². The molecule has 1 fully saturated rings. The van der Waals surface area contributed by atoms with Crippen LogP contribution in [0, 0.1) is 0 Å². The summed E-state index contributed by atoms with van der Waals surface area (Å²) in [6, 6.07) is -0.815. The minimum atomic E-state index is -0.922. The number of hydrogen-bond acceptors (Lipinski definition) is 2. The number of likely N-dealkylation sites (tertiary alicyclic amines) is 1. The second kappa shape index (κ2) is 3.76. The van der Waals surface area contributed by atoms with Crippen LogP contribution in [0.2, 0.25) is 0 Å². The van der Waals surface area contributed by atoms with E-state index in [2.05, 4.69) is 0 Å². The minimum Gasteiger partial charge on any atom is -0.399 e. The molecule has 1 N–H and O–H groups in total. The SMILES string of the molecule is [B][C@H](O)/C=C/[C@H]1CCC(=O)N1C. The van der Waals surface area contributed by atoms with E-state index in [0.29, 0.717) is 6.42 Å².